The van der Waals surface area contributed by atoms with E-state index in [2.05, 4.69) is 13.8 Å². The highest BCUT2D eigenvalue weighted by Gasteiger charge is 2.28. The Balaban J connectivity index is 2.45. The van der Waals surface area contributed by atoms with Crippen molar-refractivity contribution >= 4 is 17.3 Å². The molecule has 0 aromatic rings. The molecule has 1 aliphatic rings. The van der Waals surface area contributed by atoms with E-state index in [1.54, 1.807) is 0 Å². The normalized spacial score (nSPS) is 22.7. The minimum Gasteiger partial charge on any atom is -0.376 e. The molecule has 1 fully saturated rings. The molecule has 0 atom stereocenters. The molecule has 3 heteroatoms. The van der Waals surface area contributed by atoms with E-state index in [-0.39, 0.29) is 0 Å². The summed E-state index contributed by atoms with van der Waals surface area (Å²) in [6.45, 7) is 4.67. The van der Waals surface area contributed by atoms with Crippen LogP contribution in [0.15, 0.2) is 0 Å². The highest BCUT2D eigenvalue weighted by molar-refractivity contribution is 7.80. The van der Waals surface area contributed by atoms with Crippen molar-refractivity contribution in [2.75, 3.05) is 7.05 Å². The number of hydrogen-bond donors (Lipinski definition) is 1. The van der Waals surface area contributed by atoms with E-state index >= 15 is 0 Å². The van der Waals surface area contributed by atoms with Gasteiger partial charge >= 0.3 is 0 Å². The first-order valence-corrected chi connectivity index (χ1v) is 5.35. The molecule has 0 bridgehead atoms. The zero-order chi connectivity index (χ0) is 10.1. The number of hydrogen-bond acceptors (Lipinski definition) is 1. The third-order valence-electron chi connectivity index (χ3n) is 3.20. The molecule has 0 aliphatic heterocycles. The standard InChI is InChI=1S/C10H20N2S/c1-10(2)6-4-8(5-7-10)12(3)9(11)13/h8H,4-7H2,1-3H3,(H2,11,13). The lowest BCUT2D eigenvalue weighted by Gasteiger charge is -2.38. The summed E-state index contributed by atoms with van der Waals surface area (Å²) in [5.74, 6) is 0. The Morgan fingerprint density at radius 3 is 2.23 bits per heavy atom. The maximum Gasteiger partial charge on any atom is 0.166 e. The topological polar surface area (TPSA) is 29.3 Å². The molecule has 0 radical (unpaired) electrons. The van der Waals surface area contributed by atoms with Crippen molar-refractivity contribution in [2.45, 2.75) is 45.6 Å². The minimum absolute atomic E-state index is 0.521. The second-order valence-corrected chi connectivity index (χ2v) is 5.26. The predicted molar refractivity (Wildman–Crippen MR) is 60.6 cm³/mol. The zero-order valence-electron chi connectivity index (χ0n) is 8.84. The second kappa shape index (κ2) is 3.82. The van der Waals surface area contributed by atoms with Gasteiger partial charge in [0, 0.05) is 13.1 Å². The number of nitrogens with two attached hydrogens (primary N) is 1. The molecular weight excluding hydrogens is 180 g/mol. The van der Waals surface area contributed by atoms with Gasteiger partial charge in [0.1, 0.15) is 0 Å². The summed E-state index contributed by atoms with van der Waals surface area (Å²) in [6.07, 6.45) is 5.01. The van der Waals surface area contributed by atoms with Crippen molar-refractivity contribution in [1.82, 2.24) is 4.90 Å². The Morgan fingerprint density at radius 2 is 1.85 bits per heavy atom. The van der Waals surface area contributed by atoms with E-state index in [0.29, 0.717) is 16.6 Å². The summed E-state index contributed by atoms with van der Waals surface area (Å²) in [4.78, 5) is 2.05. The van der Waals surface area contributed by atoms with Crippen molar-refractivity contribution in [3.63, 3.8) is 0 Å². The summed E-state index contributed by atoms with van der Waals surface area (Å²) in [6, 6.07) is 0.575. The summed E-state index contributed by atoms with van der Waals surface area (Å²) >= 11 is 4.96. The monoisotopic (exact) mass is 200 g/mol. The maximum atomic E-state index is 5.59. The molecule has 0 aromatic heterocycles. The molecule has 0 unspecified atom stereocenters. The number of thiocarbonyl (C=S) groups is 1. The first kappa shape index (κ1) is 10.8. The highest BCUT2D eigenvalue weighted by atomic mass is 32.1. The Labute approximate surface area is 86.5 Å². The fourth-order valence-electron chi connectivity index (χ4n) is 1.95. The van der Waals surface area contributed by atoms with Crippen LogP contribution >= 0.6 is 12.2 Å². The molecule has 2 N–H and O–H groups in total. The first-order chi connectivity index (χ1) is 5.92. The number of nitrogens with zero attached hydrogens (tertiary/aromatic N) is 1. The van der Waals surface area contributed by atoms with E-state index in [4.69, 9.17) is 18.0 Å². The Morgan fingerprint density at radius 1 is 1.38 bits per heavy atom. The van der Waals surface area contributed by atoms with Crippen LogP contribution in [-0.2, 0) is 0 Å². The van der Waals surface area contributed by atoms with Crippen molar-refractivity contribution in [1.29, 1.82) is 0 Å². The summed E-state index contributed by atoms with van der Waals surface area (Å²) < 4.78 is 0. The third kappa shape index (κ3) is 2.83. The predicted octanol–water partition coefficient (Wildman–Crippen LogP) is 2.13. The number of rotatable bonds is 1. The van der Waals surface area contributed by atoms with Crippen molar-refractivity contribution < 1.29 is 0 Å². The first-order valence-electron chi connectivity index (χ1n) is 4.95. The van der Waals surface area contributed by atoms with Crippen molar-refractivity contribution in [3.8, 4) is 0 Å². The third-order valence-corrected chi connectivity index (χ3v) is 3.49. The van der Waals surface area contributed by atoms with Gasteiger partial charge in [-0.05, 0) is 43.3 Å². The van der Waals surface area contributed by atoms with Crippen LogP contribution in [0.5, 0.6) is 0 Å². The minimum atomic E-state index is 0.521. The van der Waals surface area contributed by atoms with Gasteiger partial charge in [-0.3, -0.25) is 0 Å². The van der Waals surface area contributed by atoms with Gasteiger partial charge < -0.3 is 10.6 Å². The van der Waals surface area contributed by atoms with Gasteiger partial charge in [0.15, 0.2) is 5.11 Å². The van der Waals surface area contributed by atoms with E-state index in [0.717, 1.165) is 0 Å². The molecule has 1 rings (SSSR count). The Kier molecular flexibility index (Phi) is 3.17. The quantitative estimate of drug-likeness (QED) is 0.658. The Bertz CT molecular complexity index is 191. The van der Waals surface area contributed by atoms with Crippen LogP contribution in [-0.4, -0.2) is 23.1 Å². The molecule has 13 heavy (non-hydrogen) atoms. The molecule has 2 nitrogen and oxygen atoms in total. The van der Waals surface area contributed by atoms with Gasteiger partial charge in [-0.2, -0.15) is 0 Å². The van der Waals surface area contributed by atoms with Crippen molar-refractivity contribution in [2.24, 2.45) is 11.1 Å². The maximum absolute atomic E-state index is 5.59. The lowest BCUT2D eigenvalue weighted by molar-refractivity contribution is 0.170. The molecule has 0 spiro atoms. The van der Waals surface area contributed by atoms with Gasteiger partial charge in [0.2, 0.25) is 0 Å². The van der Waals surface area contributed by atoms with Crippen molar-refractivity contribution in [3.05, 3.63) is 0 Å². The van der Waals surface area contributed by atoms with Crippen LogP contribution < -0.4 is 5.73 Å². The molecule has 0 amide bonds. The van der Waals surface area contributed by atoms with Crippen LogP contribution in [0.3, 0.4) is 0 Å². The smallest absolute Gasteiger partial charge is 0.166 e. The van der Waals surface area contributed by atoms with Crippen LogP contribution in [0.1, 0.15) is 39.5 Å². The SMILES string of the molecule is CN(C(N)=S)C1CCC(C)(C)CC1. The van der Waals surface area contributed by atoms with E-state index < -0.39 is 0 Å². The lowest BCUT2D eigenvalue weighted by Crippen LogP contribution is -2.43. The average Bonchev–Trinajstić information content (AvgIpc) is 2.03. The second-order valence-electron chi connectivity index (χ2n) is 4.84. The van der Waals surface area contributed by atoms with Gasteiger partial charge in [-0.25, -0.2) is 0 Å². The summed E-state index contributed by atoms with van der Waals surface area (Å²) in [5.41, 5.74) is 6.11. The Hall–Kier alpha value is -0.310. The molecule has 76 valence electrons. The lowest BCUT2D eigenvalue weighted by atomic mass is 9.75. The van der Waals surface area contributed by atoms with Gasteiger partial charge in [-0.1, -0.05) is 13.8 Å². The van der Waals surface area contributed by atoms with E-state index in [1.165, 1.54) is 25.7 Å². The zero-order valence-corrected chi connectivity index (χ0v) is 9.66. The molecule has 0 aromatic carbocycles. The van der Waals surface area contributed by atoms with E-state index in [1.807, 2.05) is 11.9 Å². The van der Waals surface area contributed by atoms with Crippen LogP contribution in [0.25, 0.3) is 0 Å². The fraction of sp³-hybridized carbons (Fsp3) is 0.900. The van der Waals surface area contributed by atoms with Gasteiger partial charge in [0.25, 0.3) is 0 Å². The molecule has 0 saturated heterocycles. The molecule has 0 heterocycles. The van der Waals surface area contributed by atoms with Crippen LogP contribution in [0.2, 0.25) is 0 Å². The van der Waals surface area contributed by atoms with E-state index in [9.17, 15) is 0 Å². The van der Waals surface area contributed by atoms with Crippen LogP contribution in [0.4, 0.5) is 0 Å². The highest BCUT2D eigenvalue weighted by Crippen LogP contribution is 2.36. The molecule has 1 saturated carbocycles. The van der Waals surface area contributed by atoms with Gasteiger partial charge in [0.05, 0.1) is 0 Å². The van der Waals surface area contributed by atoms with Gasteiger partial charge in [-0.15, -0.1) is 0 Å². The summed E-state index contributed by atoms with van der Waals surface area (Å²) in [5, 5.41) is 0.532. The molecule has 1 aliphatic carbocycles. The fourth-order valence-corrected chi connectivity index (χ4v) is 2.10. The largest absolute Gasteiger partial charge is 0.376 e. The molecular formula is C10H20N2S. The van der Waals surface area contributed by atoms with Crippen LogP contribution in [0, 0.1) is 5.41 Å². The average molecular weight is 200 g/mol. The summed E-state index contributed by atoms with van der Waals surface area (Å²) in [7, 11) is 2.01.